The Kier molecular flexibility index (Phi) is 3.42. The van der Waals surface area contributed by atoms with Crippen molar-refractivity contribution in [1.82, 2.24) is 14.8 Å². The molecule has 0 saturated carbocycles. The van der Waals surface area contributed by atoms with Crippen LogP contribution in [0.2, 0.25) is 0 Å². The predicted octanol–water partition coefficient (Wildman–Crippen LogP) is 3.29. The molecule has 1 aliphatic heterocycles. The van der Waals surface area contributed by atoms with Gasteiger partial charge in [0.05, 0.1) is 6.20 Å². The fourth-order valence-electron chi connectivity index (χ4n) is 2.39. The number of aromatic nitrogens is 3. The Morgan fingerprint density at radius 2 is 2.32 bits per heavy atom. The molecule has 0 aliphatic carbocycles. The first kappa shape index (κ1) is 12.1. The van der Waals surface area contributed by atoms with Gasteiger partial charge in [-0.1, -0.05) is 12.7 Å². The van der Waals surface area contributed by atoms with Crippen molar-refractivity contribution in [3.8, 4) is 11.1 Å². The second-order valence-electron chi connectivity index (χ2n) is 4.70. The van der Waals surface area contributed by atoms with E-state index in [-0.39, 0.29) is 6.23 Å². The summed E-state index contributed by atoms with van der Waals surface area (Å²) in [5, 5.41) is 4.42. The summed E-state index contributed by atoms with van der Waals surface area (Å²) in [6.45, 7) is 4.66. The van der Waals surface area contributed by atoms with Crippen molar-refractivity contribution in [3.63, 3.8) is 0 Å². The standard InChI is InChI=1S/C15H17N3O/c1-2-12-6-7-16-10-14(12)13-9-17-18(11-13)15-5-3-4-8-19-15/h2,6-7,9-11,15H,1,3-5,8H2. The van der Waals surface area contributed by atoms with E-state index in [0.717, 1.165) is 36.1 Å². The van der Waals surface area contributed by atoms with Crippen LogP contribution in [-0.4, -0.2) is 21.4 Å². The molecule has 1 fully saturated rings. The quantitative estimate of drug-likeness (QED) is 0.845. The Bertz CT molecular complexity index is 570. The van der Waals surface area contributed by atoms with E-state index in [2.05, 4.69) is 16.7 Å². The van der Waals surface area contributed by atoms with E-state index in [4.69, 9.17) is 4.74 Å². The van der Waals surface area contributed by atoms with E-state index in [1.165, 1.54) is 6.42 Å². The lowest BCUT2D eigenvalue weighted by molar-refractivity contribution is -0.0394. The maximum Gasteiger partial charge on any atom is 0.150 e. The van der Waals surface area contributed by atoms with Gasteiger partial charge >= 0.3 is 0 Å². The second kappa shape index (κ2) is 5.36. The van der Waals surface area contributed by atoms with Crippen LogP contribution in [-0.2, 0) is 4.74 Å². The predicted molar refractivity (Wildman–Crippen MR) is 74.4 cm³/mol. The summed E-state index contributed by atoms with van der Waals surface area (Å²) < 4.78 is 7.65. The molecule has 0 amide bonds. The highest BCUT2D eigenvalue weighted by Gasteiger charge is 2.17. The van der Waals surface area contributed by atoms with E-state index in [1.54, 1.807) is 6.20 Å². The van der Waals surface area contributed by atoms with Crippen LogP contribution in [0, 0.1) is 0 Å². The molecular weight excluding hydrogens is 238 g/mol. The smallest absolute Gasteiger partial charge is 0.150 e. The zero-order valence-electron chi connectivity index (χ0n) is 10.8. The third kappa shape index (κ3) is 2.44. The summed E-state index contributed by atoms with van der Waals surface area (Å²) in [5.74, 6) is 0. The van der Waals surface area contributed by atoms with Crippen LogP contribution in [0.1, 0.15) is 31.1 Å². The molecule has 0 N–H and O–H groups in total. The highest BCUT2D eigenvalue weighted by atomic mass is 16.5. The van der Waals surface area contributed by atoms with Gasteiger partial charge in [0.2, 0.25) is 0 Å². The van der Waals surface area contributed by atoms with Crippen molar-refractivity contribution in [1.29, 1.82) is 0 Å². The molecule has 4 heteroatoms. The SMILES string of the molecule is C=Cc1ccncc1-c1cnn(C2CCCCO2)c1. The Morgan fingerprint density at radius 3 is 3.11 bits per heavy atom. The van der Waals surface area contributed by atoms with Gasteiger partial charge in [-0.3, -0.25) is 4.98 Å². The van der Waals surface area contributed by atoms with Gasteiger partial charge in [0.25, 0.3) is 0 Å². The molecule has 0 radical (unpaired) electrons. The van der Waals surface area contributed by atoms with E-state index in [1.807, 2.05) is 35.4 Å². The summed E-state index contributed by atoms with van der Waals surface area (Å²) >= 11 is 0. The van der Waals surface area contributed by atoms with Crippen LogP contribution >= 0.6 is 0 Å². The molecule has 0 bridgehead atoms. The van der Waals surface area contributed by atoms with Gasteiger partial charge in [-0.25, -0.2) is 4.68 Å². The highest BCUT2D eigenvalue weighted by Crippen LogP contribution is 2.27. The molecule has 0 spiro atoms. The minimum absolute atomic E-state index is 0.0753. The average molecular weight is 255 g/mol. The van der Waals surface area contributed by atoms with Gasteiger partial charge in [0.1, 0.15) is 6.23 Å². The van der Waals surface area contributed by atoms with Crippen LogP contribution in [0.5, 0.6) is 0 Å². The number of rotatable bonds is 3. The normalized spacial score (nSPS) is 19.3. The topological polar surface area (TPSA) is 39.9 Å². The molecule has 1 unspecified atom stereocenters. The van der Waals surface area contributed by atoms with Gasteiger partial charge in [-0.05, 0) is 30.9 Å². The summed E-state index contributed by atoms with van der Waals surface area (Å²) in [4.78, 5) is 4.18. The van der Waals surface area contributed by atoms with Gasteiger partial charge in [-0.2, -0.15) is 5.10 Å². The van der Waals surface area contributed by atoms with Crippen molar-refractivity contribution >= 4 is 6.08 Å². The summed E-state index contributed by atoms with van der Waals surface area (Å²) in [6, 6.07) is 1.96. The van der Waals surface area contributed by atoms with Crippen LogP contribution in [0.3, 0.4) is 0 Å². The van der Waals surface area contributed by atoms with Crippen molar-refractivity contribution in [3.05, 3.63) is 43.0 Å². The number of nitrogens with zero attached hydrogens (tertiary/aromatic N) is 3. The molecule has 1 saturated heterocycles. The Balaban J connectivity index is 1.90. The van der Waals surface area contributed by atoms with Crippen LogP contribution < -0.4 is 0 Å². The molecule has 4 nitrogen and oxygen atoms in total. The van der Waals surface area contributed by atoms with E-state index in [9.17, 15) is 0 Å². The molecule has 0 aromatic carbocycles. The number of ether oxygens (including phenoxy) is 1. The number of hydrogen-bond donors (Lipinski definition) is 0. The van der Waals surface area contributed by atoms with Crippen LogP contribution in [0.4, 0.5) is 0 Å². The zero-order valence-corrected chi connectivity index (χ0v) is 10.8. The lowest BCUT2D eigenvalue weighted by Gasteiger charge is -2.22. The van der Waals surface area contributed by atoms with Crippen LogP contribution in [0.25, 0.3) is 17.2 Å². The lowest BCUT2D eigenvalue weighted by Crippen LogP contribution is -2.18. The molecular formula is C15H17N3O. The highest BCUT2D eigenvalue weighted by molar-refractivity contribution is 5.72. The molecule has 2 aromatic rings. The summed E-state index contributed by atoms with van der Waals surface area (Å²) in [7, 11) is 0. The Labute approximate surface area is 112 Å². The van der Waals surface area contributed by atoms with Gasteiger partial charge in [0.15, 0.2) is 0 Å². The molecule has 98 valence electrons. The molecule has 2 aromatic heterocycles. The first-order chi connectivity index (χ1) is 9.38. The first-order valence-corrected chi connectivity index (χ1v) is 6.61. The van der Waals surface area contributed by atoms with E-state index < -0.39 is 0 Å². The lowest BCUT2D eigenvalue weighted by atomic mass is 10.1. The fraction of sp³-hybridized carbons (Fsp3) is 0.333. The van der Waals surface area contributed by atoms with Crippen molar-refractivity contribution in [2.75, 3.05) is 6.61 Å². The molecule has 3 heterocycles. The summed E-state index contributed by atoms with van der Waals surface area (Å²) in [5.41, 5.74) is 3.18. The summed E-state index contributed by atoms with van der Waals surface area (Å²) in [6.07, 6.45) is 12.8. The maximum atomic E-state index is 5.73. The van der Waals surface area contributed by atoms with Gasteiger partial charge in [0, 0.05) is 36.3 Å². The first-order valence-electron chi connectivity index (χ1n) is 6.61. The number of pyridine rings is 1. The third-order valence-electron chi connectivity index (χ3n) is 3.44. The third-order valence-corrected chi connectivity index (χ3v) is 3.44. The number of hydrogen-bond acceptors (Lipinski definition) is 3. The largest absolute Gasteiger partial charge is 0.357 e. The second-order valence-corrected chi connectivity index (χ2v) is 4.70. The Hall–Kier alpha value is -1.94. The Morgan fingerprint density at radius 1 is 1.37 bits per heavy atom. The molecule has 3 rings (SSSR count). The zero-order chi connectivity index (χ0) is 13.1. The van der Waals surface area contributed by atoms with Crippen molar-refractivity contribution in [2.45, 2.75) is 25.5 Å². The van der Waals surface area contributed by atoms with Gasteiger partial charge < -0.3 is 4.74 Å². The maximum absolute atomic E-state index is 5.73. The minimum atomic E-state index is 0.0753. The van der Waals surface area contributed by atoms with E-state index >= 15 is 0 Å². The van der Waals surface area contributed by atoms with Crippen molar-refractivity contribution < 1.29 is 4.74 Å². The van der Waals surface area contributed by atoms with Crippen LogP contribution in [0.15, 0.2) is 37.4 Å². The molecule has 1 atom stereocenters. The minimum Gasteiger partial charge on any atom is -0.357 e. The fourth-order valence-corrected chi connectivity index (χ4v) is 2.39. The van der Waals surface area contributed by atoms with Crippen molar-refractivity contribution in [2.24, 2.45) is 0 Å². The monoisotopic (exact) mass is 255 g/mol. The van der Waals surface area contributed by atoms with Gasteiger partial charge in [-0.15, -0.1) is 0 Å². The van der Waals surface area contributed by atoms with E-state index in [0.29, 0.717) is 0 Å². The molecule has 1 aliphatic rings. The average Bonchev–Trinajstić information content (AvgIpc) is 2.98. The molecule has 19 heavy (non-hydrogen) atoms.